The van der Waals surface area contributed by atoms with E-state index in [1.807, 2.05) is 24.3 Å². The number of hydrogen-bond acceptors (Lipinski definition) is 2. The Kier molecular flexibility index (Phi) is 4.87. The van der Waals surface area contributed by atoms with Crippen LogP contribution in [0.25, 0.3) is 43.1 Å². The number of carbonyl (C=O) groups excluding carboxylic acids is 2. The first-order valence-corrected chi connectivity index (χ1v) is 11.7. The zero-order valence-corrected chi connectivity index (χ0v) is 19.6. The van der Waals surface area contributed by atoms with E-state index in [1.54, 1.807) is 0 Å². The van der Waals surface area contributed by atoms with Gasteiger partial charge in [0.05, 0.1) is 0 Å². The number of hydrogen-bond donors (Lipinski definition) is 0. The fourth-order valence-electron chi connectivity index (χ4n) is 5.41. The third-order valence-electron chi connectivity index (χ3n) is 6.92. The van der Waals surface area contributed by atoms with Gasteiger partial charge in [-0.25, -0.2) is 0 Å². The maximum absolute atomic E-state index is 11.9. The van der Waals surface area contributed by atoms with Crippen molar-refractivity contribution in [2.24, 2.45) is 0 Å². The molecule has 0 heterocycles. The van der Waals surface area contributed by atoms with Gasteiger partial charge >= 0.3 is 0 Å². The summed E-state index contributed by atoms with van der Waals surface area (Å²) in [5.41, 5.74) is 2.53. The van der Waals surface area contributed by atoms with Crippen molar-refractivity contribution >= 4 is 54.7 Å². The molecule has 0 aliphatic carbocycles. The number of ketones is 2. The van der Waals surface area contributed by atoms with Crippen LogP contribution in [-0.4, -0.2) is 11.6 Å². The van der Waals surface area contributed by atoms with E-state index in [2.05, 4.69) is 78.6 Å². The van der Waals surface area contributed by atoms with Crippen LogP contribution in [-0.2, 0) is 9.59 Å². The molecule has 0 aromatic heterocycles. The molecule has 0 fully saturated rings. The highest BCUT2D eigenvalue weighted by atomic mass is 16.1. The molecule has 0 aliphatic rings. The zero-order chi connectivity index (χ0) is 24.1. The van der Waals surface area contributed by atoms with Gasteiger partial charge in [-0.15, -0.1) is 0 Å². The van der Waals surface area contributed by atoms with E-state index in [0.717, 1.165) is 16.5 Å². The molecule has 0 saturated carbocycles. The molecule has 6 aromatic carbocycles. The minimum atomic E-state index is -0.704. The molecule has 0 atom stereocenters. The first kappa shape index (κ1) is 21.1. The van der Waals surface area contributed by atoms with Crippen LogP contribution in [0.4, 0.5) is 0 Å². The monoisotopic (exact) mass is 450 g/mol. The minimum Gasteiger partial charge on any atom is -0.299 e. The van der Waals surface area contributed by atoms with Crippen molar-refractivity contribution in [2.45, 2.75) is 19.8 Å². The normalized spacial score (nSPS) is 11.4. The summed E-state index contributed by atoms with van der Waals surface area (Å²) < 4.78 is 0. The molecule has 0 radical (unpaired) electrons. The fraction of sp³-hybridized carbons (Fsp3) is 0.0909. The van der Waals surface area contributed by atoms with Crippen LogP contribution < -0.4 is 0 Å². The van der Waals surface area contributed by atoms with Gasteiger partial charge in [0, 0.05) is 11.1 Å². The average Bonchev–Trinajstić information content (AvgIpc) is 2.86. The van der Waals surface area contributed by atoms with Gasteiger partial charge in [-0.3, -0.25) is 9.59 Å². The van der Waals surface area contributed by atoms with Crippen molar-refractivity contribution in [3.8, 4) is 11.8 Å². The van der Waals surface area contributed by atoms with Crippen LogP contribution in [0.1, 0.15) is 36.5 Å². The SMILES string of the molecule is CC(=O)C(C(C)=O)c1ccc(C#Cc2ccc3c4cccc5cccc(c6cccc2c63)c54)cc1. The summed E-state index contributed by atoms with van der Waals surface area (Å²) in [6.45, 7) is 2.91. The lowest BCUT2D eigenvalue weighted by Gasteiger charge is -2.14. The lowest BCUT2D eigenvalue weighted by Crippen LogP contribution is -2.16. The van der Waals surface area contributed by atoms with Crippen molar-refractivity contribution in [1.82, 2.24) is 0 Å². The number of Topliss-reactive ketones (excluding diaryl/α,β-unsaturated/α-hetero) is 2. The molecule has 0 spiro atoms. The highest BCUT2D eigenvalue weighted by molar-refractivity contribution is 6.33. The van der Waals surface area contributed by atoms with Gasteiger partial charge in [0.15, 0.2) is 0 Å². The largest absolute Gasteiger partial charge is 0.299 e. The summed E-state index contributed by atoms with van der Waals surface area (Å²) >= 11 is 0. The fourth-order valence-corrected chi connectivity index (χ4v) is 5.41. The van der Waals surface area contributed by atoms with E-state index in [1.165, 1.54) is 51.6 Å². The van der Waals surface area contributed by atoms with Gasteiger partial charge in [0.25, 0.3) is 0 Å². The van der Waals surface area contributed by atoms with Crippen molar-refractivity contribution in [3.05, 3.63) is 108 Å². The maximum atomic E-state index is 11.9. The molecule has 0 N–H and O–H groups in total. The molecule has 0 aliphatic heterocycles. The molecule has 2 heteroatoms. The molecule has 0 bridgehead atoms. The van der Waals surface area contributed by atoms with E-state index in [9.17, 15) is 9.59 Å². The van der Waals surface area contributed by atoms with Crippen molar-refractivity contribution < 1.29 is 9.59 Å². The smallest absolute Gasteiger partial charge is 0.144 e. The van der Waals surface area contributed by atoms with Crippen LogP contribution in [0.3, 0.4) is 0 Å². The second kappa shape index (κ2) is 8.08. The second-order valence-corrected chi connectivity index (χ2v) is 9.12. The van der Waals surface area contributed by atoms with Crippen LogP contribution >= 0.6 is 0 Å². The first-order chi connectivity index (χ1) is 17.0. The Hall–Kier alpha value is -4.48. The van der Waals surface area contributed by atoms with Gasteiger partial charge in [-0.2, -0.15) is 0 Å². The highest BCUT2D eigenvalue weighted by Crippen LogP contribution is 2.40. The Labute approximate surface area is 203 Å². The topological polar surface area (TPSA) is 34.1 Å². The number of fused-ring (bicyclic) bond motifs is 2. The van der Waals surface area contributed by atoms with Gasteiger partial charge in [0.2, 0.25) is 0 Å². The first-order valence-electron chi connectivity index (χ1n) is 11.7. The molecule has 0 unspecified atom stereocenters. The zero-order valence-electron chi connectivity index (χ0n) is 19.6. The summed E-state index contributed by atoms with van der Waals surface area (Å²) in [6, 6.07) is 31.2. The quantitative estimate of drug-likeness (QED) is 0.122. The van der Waals surface area contributed by atoms with E-state index < -0.39 is 5.92 Å². The minimum absolute atomic E-state index is 0.141. The summed E-state index contributed by atoms with van der Waals surface area (Å²) in [5, 5.41) is 9.97. The summed E-state index contributed by atoms with van der Waals surface area (Å²) in [5.74, 6) is 5.65. The molecular weight excluding hydrogens is 428 g/mol. The molecule has 166 valence electrons. The third kappa shape index (κ3) is 3.36. The second-order valence-electron chi connectivity index (χ2n) is 9.12. The lowest BCUT2D eigenvalue weighted by atomic mass is 9.88. The average molecular weight is 451 g/mol. The van der Waals surface area contributed by atoms with E-state index in [4.69, 9.17) is 0 Å². The predicted molar refractivity (Wildman–Crippen MR) is 144 cm³/mol. The molecule has 0 amide bonds. The maximum Gasteiger partial charge on any atom is 0.144 e. The molecule has 6 aromatic rings. The van der Waals surface area contributed by atoms with Crippen LogP contribution in [0, 0.1) is 11.8 Å². The Morgan fingerprint density at radius 3 is 1.74 bits per heavy atom. The van der Waals surface area contributed by atoms with Crippen molar-refractivity contribution in [3.63, 3.8) is 0 Å². The van der Waals surface area contributed by atoms with Crippen molar-refractivity contribution in [1.29, 1.82) is 0 Å². The van der Waals surface area contributed by atoms with E-state index in [0.29, 0.717) is 5.56 Å². The predicted octanol–water partition coefficient (Wildman–Crippen LogP) is 7.40. The number of carbonyl (C=O) groups is 2. The molecule has 6 rings (SSSR count). The van der Waals surface area contributed by atoms with Crippen LogP contribution in [0.15, 0.2) is 91.0 Å². The molecule has 35 heavy (non-hydrogen) atoms. The molecule has 2 nitrogen and oxygen atoms in total. The number of rotatable bonds is 3. The van der Waals surface area contributed by atoms with E-state index in [-0.39, 0.29) is 11.6 Å². The third-order valence-corrected chi connectivity index (χ3v) is 6.92. The van der Waals surface area contributed by atoms with Gasteiger partial charge in [-0.05, 0) is 80.7 Å². The van der Waals surface area contributed by atoms with Crippen LogP contribution in [0.5, 0.6) is 0 Å². The van der Waals surface area contributed by atoms with Crippen LogP contribution in [0.2, 0.25) is 0 Å². The van der Waals surface area contributed by atoms with Gasteiger partial charge in [0.1, 0.15) is 17.5 Å². The Morgan fingerprint density at radius 1 is 0.571 bits per heavy atom. The summed E-state index contributed by atoms with van der Waals surface area (Å²) in [6.07, 6.45) is 0. The Morgan fingerprint density at radius 2 is 1.11 bits per heavy atom. The molecule has 0 saturated heterocycles. The van der Waals surface area contributed by atoms with Crippen molar-refractivity contribution in [2.75, 3.05) is 0 Å². The Balaban J connectivity index is 1.50. The van der Waals surface area contributed by atoms with E-state index >= 15 is 0 Å². The summed E-state index contributed by atoms with van der Waals surface area (Å²) in [7, 11) is 0. The number of benzene rings is 6. The Bertz CT molecular complexity index is 1780. The summed E-state index contributed by atoms with van der Waals surface area (Å²) in [4.78, 5) is 23.8. The molecular formula is C33H22O2. The van der Waals surface area contributed by atoms with Gasteiger partial charge < -0.3 is 0 Å². The highest BCUT2D eigenvalue weighted by Gasteiger charge is 2.21. The van der Waals surface area contributed by atoms with Gasteiger partial charge in [-0.1, -0.05) is 84.6 Å². The lowest BCUT2D eigenvalue weighted by molar-refractivity contribution is -0.126. The standard InChI is InChI=1S/C33H22O2/c1-20(34)31(21(2)35)25-16-13-22(14-17-25)12-15-23-18-19-30-28-10-4-7-24-6-3-9-27(32(24)28)29-11-5-8-26(23)33(29)30/h3-11,13-14,16-19,31H,1-2H3.